The molecule has 0 aliphatic heterocycles. The highest BCUT2D eigenvalue weighted by Gasteiger charge is 2.54. The van der Waals surface area contributed by atoms with E-state index in [0.717, 1.165) is 19.3 Å². The van der Waals surface area contributed by atoms with E-state index in [0.29, 0.717) is 25.0 Å². The fraction of sp³-hybridized carbons (Fsp3) is 0.897. The number of carbonyl (C=O) groups is 1. The molecule has 0 aromatic heterocycles. The molecular weight excluding hydrogens is 456 g/mol. The summed E-state index contributed by atoms with van der Waals surface area (Å²) >= 11 is 0. The molecule has 35 heavy (non-hydrogen) atoms. The van der Waals surface area contributed by atoms with Crippen molar-refractivity contribution >= 4 is 14.3 Å². The average Bonchev–Trinajstić information content (AvgIpc) is 2.72. The predicted octanol–water partition coefficient (Wildman–Crippen LogP) is 7.61. The number of methoxy groups -OCH3 is 1. The first-order valence-electron chi connectivity index (χ1n) is 13.4. The van der Waals surface area contributed by atoms with Crippen molar-refractivity contribution in [2.45, 2.75) is 113 Å². The van der Waals surface area contributed by atoms with Crippen molar-refractivity contribution in [2.75, 3.05) is 27.1 Å². The van der Waals surface area contributed by atoms with E-state index in [1.54, 1.807) is 7.11 Å². The normalized spacial score (nSPS) is 26.8. The first kappa shape index (κ1) is 32.3. The second kappa shape index (κ2) is 12.7. The lowest BCUT2D eigenvalue weighted by Crippen LogP contribution is -2.57. The van der Waals surface area contributed by atoms with Gasteiger partial charge in [0.25, 0.3) is 0 Å². The van der Waals surface area contributed by atoms with Gasteiger partial charge in [-0.05, 0) is 89.8 Å². The number of carbonyl (C=O) groups excluding carboxylic acids is 1. The van der Waals surface area contributed by atoms with Crippen LogP contribution in [0.3, 0.4) is 0 Å². The first-order chi connectivity index (χ1) is 15.9. The molecule has 6 heteroatoms. The summed E-state index contributed by atoms with van der Waals surface area (Å²) in [5.74, 6) is 0.733. The van der Waals surface area contributed by atoms with Gasteiger partial charge >= 0.3 is 5.97 Å². The SMILES string of the molecule is COCO[C@H]1[C@H](C)CC[C@H]([C@H](C)COC(=O)C(C)(C)C)[C@@]1(CC=C(C)C)CO[Si](C)(C)C(C)(C)C. The van der Waals surface area contributed by atoms with Crippen molar-refractivity contribution < 1.29 is 23.4 Å². The molecule has 0 N–H and O–H groups in total. The van der Waals surface area contributed by atoms with Gasteiger partial charge in [-0.25, -0.2) is 0 Å². The molecular formula is C29H56O5Si. The Kier molecular flexibility index (Phi) is 11.7. The summed E-state index contributed by atoms with van der Waals surface area (Å²) in [6, 6.07) is 0. The van der Waals surface area contributed by atoms with Crippen molar-refractivity contribution in [3.63, 3.8) is 0 Å². The Labute approximate surface area is 217 Å². The molecule has 0 aromatic carbocycles. The average molecular weight is 513 g/mol. The van der Waals surface area contributed by atoms with Crippen LogP contribution >= 0.6 is 0 Å². The Morgan fingerprint density at radius 3 is 2.20 bits per heavy atom. The van der Waals surface area contributed by atoms with Crippen LogP contribution in [0.25, 0.3) is 0 Å². The highest BCUT2D eigenvalue weighted by Crippen LogP contribution is 2.53. The molecule has 1 aliphatic carbocycles. The summed E-state index contributed by atoms with van der Waals surface area (Å²) in [6.45, 7) is 27.4. The maximum atomic E-state index is 12.6. The van der Waals surface area contributed by atoms with Crippen molar-refractivity contribution in [3.8, 4) is 0 Å². The molecule has 0 bridgehead atoms. The van der Waals surface area contributed by atoms with E-state index in [1.807, 2.05) is 20.8 Å². The van der Waals surface area contributed by atoms with E-state index in [4.69, 9.17) is 18.6 Å². The van der Waals surface area contributed by atoms with E-state index >= 15 is 0 Å². The van der Waals surface area contributed by atoms with Crippen LogP contribution in [-0.4, -0.2) is 47.5 Å². The maximum Gasteiger partial charge on any atom is 0.311 e. The van der Waals surface area contributed by atoms with Crippen molar-refractivity contribution in [3.05, 3.63) is 11.6 Å². The summed E-state index contributed by atoms with van der Waals surface area (Å²) < 4.78 is 24.7. The molecule has 1 fully saturated rings. The Morgan fingerprint density at radius 2 is 1.71 bits per heavy atom. The largest absolute Gasteiger partial charge is 0.465 e. The van der Waals surface area contributed by atoms with Gasteiger partial charge in [-0.2, -0.15) is 0 Å². The van der Waals surface area contributed by atoms with Crippen molar-refractivity contribution in [2.24, 2.45) is 28.6 Å². The molecule has 5 atom stereocenters. The van der Waals surface area contributed by atoms with Crippen LogP contribution in [0.15, 0.2) is 11.6 Å². The van der Waals surface area contributed by atoms with Gasteiger partial charge in [0.2, 0.25) is 0 Å². The molecule has 0 aromatic rings. The predicted molar refractivity (Wildman–Crippen MR) is 148 cm³/mol. The standard InChI is InChI=1S/C29H56O5Si/c1-21(2)16-17-29(19-34-35(12,13)28(8,9)10)24(15-14-22(3)25(29)33-20-31-11)23(4)18-32-26(30)27(5,6)7/h16,22-25H,14-15,17-20H2,1-13H3/t22-,23-,24-,25+,29-/m1/s1. The zero-order valence-electron chi connectivity index (χ0n) is 25.2. The highest BCUT2D eigenvalue weighted by molar-refractivity contribution is 6.74. The number of rotatable bonds is 11. The Hall–Kier alpha value is -0.693. The third kappa shape index (κ3) is 8.69. The monoisotopic (exact) mass is 512 g/mol. The maximum absolute atomic E-state index is 12.6. The molecule has 0 amide bonds. The number of esters is 1. The van der Waals surface area contributed by atoms with Crippen molar-refractivity contribution in [1.29, 1.82) is 0 Å². The van der Waals surface area contributed by atoms with Crippen molar-refractivity contribution in [1.82, 2.24) is 0 Å². The zero-order valence-corrected chi connectivity index (χ0v) is 26.2. The number of hydrogen-bond donors (Lipinski definition) is 0. The van der Waals surface area contributed by atoms with Gasteiger partial charge in [0.05, 0.1) is 18.1 Å². The summed E-state index contributed by atoms with van der Waals surface area (Å²) in [5.41, 5.74) is 0.567. The van der Waals surface area contributed by atoms with Gasteiger partial charge in [-0.1, -0.05) is 46.3 Å². The van der Waals surface area contributed by atoms with Crippen LogP contribution in [-0.2, 0) is 23.4 Å². The summed E-state index contributed by atoms with van der Waals surface area (Å²) in [7, 11) is -0.309. The minimum Gasteiger partial charge on any atom is -0.465 e. The van der Waals surface area contributed by atoms with Gasteiger partial charge < -0.3 is 18.6 Å². The second-order valence-electron chi connectivity index (χ2n) is 13.7. The molecule has 1 saturated carbocycles. The quantitative estimate of drug-likeness (QED) is 0.123. The number of hydrogen-bond acceptors (Lipinski definition) is 5. The zero-order chi connectivity index (χ0) is 27.2. The van der Waals surface area contributed by atoms with E-state index in [9.17, 15) is 4.79 Å². The second-order valence-corrected chi connectivity index (χ2v) is 18.6. The Balaban J connectivity index is 3.47. The molecule has 0 saturated heterocycles. The summed E-state index contributed by atoms with van der Waals surface area (Å²) in [5, 5.41) is 0.122. The third-order valence-corrected chi connectivity index (χ3v) is 12.8. The molecule has 0 heterocycles. The fourth-order valence-corrected chi connectivity index (χ4v) is 6.03. The highest BCUT2D eigenvalue weighted by atomic mass is 28.4. The number of allylic oxidation sites excluding steroid dienone is 2. The topological polar surface area (TPSA) is 54.0 Å². The van der Waals surface area contributed by atoms with E-state index in [-0.39, 0.29) is 35.2 Å². The molecule has 0 unspecified atom stereocenters. The van der Waals surface area contributed by atoms with Gasteiger partial charge in [-0.3, -0.25) is 4.79 Å². The smallest absolute Gasteiger partial charge is 0.311 e. The third-order valence-electron chi connectivity index (χ3n) is 8.30. The lowest BCUT2D eigenvalue weighted by molar-refractivity contribution is -0.192. The first-order valence-corrected chi connectivity index (χ1v) is 16.3. The number of ether oxygens (including phenoxy) is 3. The lowest BCUT2D eigenvalue weighted by atomic mass is 9.56. The van der Waals surface area contributed by atoms with Crippen LogP contribution in [0.5, 0.6) is 0 Å². The molecule has 1 rings (SSSR count). The molecule has 0 radical (unpaired) electrons. The van der Waals surface area contributed by atoms with Crippen LogP contribution in [0.2, 0.25) is 18.1 Å². The summed E-state index contributed by atoms with van der Waals surface area (Å²) in [4.78, 5) is 12.6. The van der Waals surface area contributed by atoms with Crippen LogP contribution < -0.4 is 0 Å². The molecule has 0 spiro atoms. The Bertz CT molecular complexity index is 699. The molecule has 5 nitrogen and oxygen atoms in total. The van der Waals surface area contributed by atoms with E-state index in [2.05, 4.69) is 67.6 Å². The molecule has 1 aliphatic rings. The minimum atomic E-state index is -1.99. The minimum absolute atomic E-state index is 0.00216. The van der Waals surface area contributed by atoms with E-state index < -0.39 is 13.7 Å². The fourth-order valence-electron chi connectivity index (χ4n) is 4.96. The van der Waals surface area contributed by atoms with Gasteiger partial charge in [-0.15, -0.1) is 0 Å². The Morgan fingerprint density at radius 1 is 1.11 bits per heavy atom. The molecule has 206 valence electrons. The van der Waals surface area contributed by atoms with Gasteiger partial charge in [0.1, 0.15) is 6.79 Å². The van der Waals surface area contributed by atoms with E-state index in [1.165, 1.54) is 5.57 Å². The van der Waals surface area contributed by atoms with Gasteiger partial charge in [0.15, 0.2) is 8.32 Å². The van der Waals surface area contributed by atoms with Gasteiger partial charge in [0, 0.05) is 19.1 Å². The lowest BCUT2D eigenvalue weighted by Gasteiger charge is -2.54. The summed E-state index contributed by atoms with van der Waals surface area (Å²) in [6.07, 6.45) is 5.37. The van der Waals surface area contributed by atoms with Crippen LogP contribution in [0, 0.1) is 28.6 Å². The van der Waals surface area contributed by atoms with Crippen LogP contribution in [0.1, 0.15) is 88.5 Å². The van der Waals surface area contributed by atoms with Crippen LogP contribution in [0.4, 0.5) is 0 Å².